The molecule has 1 aromatic carbocycles. The van der Waals surface area contributed by atoms with Crippen LogP contribution in [0, 0.1) is 5.41 Å². The van der Waals surface area contributed by atoms with E-state index in [1.807, 2.05) is 45.9 Å². The molecule has 1 amide bonds. The van der Waals surface area contributed by atoms with E-state index < -0.39 is 11.0 Å². The van der Waals surface area contributed by atoms with Gasteiger partial charge in [-0.05, 0) is 65.4 Å². The fourth-order valence-corrected chi connectivity index (χ4v) is 3.57. The highest BCUT2D eigenvalue weighted by Gasteiger charge is 2.41. The second kappa shape index (κ2) is 9.25. The molecular formula is C22H33NO4. The second-order valence-electron chi connectivity index (χ2n) is 8.31. The first-order valence-corrected chi connectivity index (χ1v) is 9.95. The van der Waals surface area contributed by atoms with Crippen LogP contribution in [0.1, 0.15) is 58.9 Å². The van der Waals surface area contributed by atoms with E-state index in [4.69, 9.17) is 9.47 Å². The maximum absolute atomic E-state index is 12.8. The molecule has 2 rings (SSSR count). The summed E-state index contributed by atoms with van der Waals surface area (Å²) in [5.74, 6) is -0.132. The van der Waals surface area contributed by atoms with Crippen molar-refractivity contribution in [2.75, 3.05) is 19.7 Å². The fourth-order valence-electron chi connectivity index (χ4n) is 3.57. The van der Waals surface area contributed by atoms with Crippen molar-refractivity contribution in [2.45, 2.75) is 65.4 Å². The minimum atomic E-state index is -0.539. The van der Waals surface area contributed by atoms with Crippen LogP contribution in [0.4, 0.5) is 4.79 Å². The summed E-state index contributed by atoms with van der Waals surface area (Å²) in [5, 5.41) is 0. The van der Waals surface area contributed by atoms with Crippen molar-refractivity contribution in [1.29, 1.82) is 0 Å². The Balaban J connectivity index is 2.09. The summed E-state index contributed by atoms with van der Waals surface area (Å²) in [6.45, 7) is 8.95. The summed E-state index contributed by atoms with van der Waals surface area (Å²) in [4.78, 5) is 27.0. The number of hydrogen-bond acceptors (Lipinski definition) is 4. The highest BCUT2D eigenvalue weighted by molar-refractivity contribution is 5.77. The van der Waals surface area contributed by atoms with Gasteiger partial charge < -0.3 is 14.4 Å². The molecule has 0 spiro atoms. The van der Waals surface area contributed by atoms with Crippen molar-refractivity contribution in [3.8, 4) is 0 Å². The van der Waals surface area contributed by atoms with Gasteiger partial charge >= 0.3 is 12.1 Å². The van der Waals surface area contributed by atoms with Crippen molar-refractivity contribution < 1.29 is 19.1 Å². The van der Waals surface area contributed by atoms with Crippen LogP contribution in [-0.4, -0.2) is 42.3 Å². The molecule has 1 heterocycles. The number of aryl methyl sites for hydroxylation is 1. The fraction of sp³-hybridized carbons (Fsp3) is 0.636. The first-order chi connectivity index (χ1) is 12.8. The Hall–Kier alpha value is -2.04. The molecule has 5 nitrogen and oxygen atoms in total. The largest absolute Gasteiger partial charge is 0.466 e. The average Bonchev–Trinajstić information content (AvgIpc) is 2.83. The number of hydrogen-bond donors (Lipinski definition) is 0. The Morgan fingerprint density at radius 1 is 1.11 bits per heavy atom. The molecule has 5 heteroatoms. The van der Waals surface area contributed by atoms with Crippen molar-refractivity contribution in [3.63, 3.8) is 0 Å². The van der Waals surface area contributed by atoms with Crippen molar-refractivity contribution in [1.82, 2.24) is 4.90 Å². The van der Waals surface area contributed by atoms with Gasteiger partial charge in [-0.25, -0.2) is 4.79 Å². The molecule has 1 aromatic rings. The molecule has 0 bridgehead atoms. The molecule has 0 aromatic heterocycles. The summed E-state index contributed by atoms with van der Waals surface area (Å²) in [6, 6.07) is 10.2. The highest BCUT2D eigenvalue weighted by Crippen LogP contribution is 2.38. The Morgan fingerprint density at radius 3 is 2.44 bits per heavy atom. The number of nitrogens with zero attached hydrogens (tertiary/aromatic N) is 1. The van der Waals surface area contributed by atoms with Crippen LogP contribution >= 0.6 is 0 Å². The van der Waals surface area contributed by atoms with Gasteiger partial charge in [0.05, 0.1) is 12.0 Å². The lowest BCUT2D eigenvalue weighted by atomic mass is 9.76. The van der Waals surface area contributed by atoms with E-state index in [2.05, 4.69) is 12.1 Å². The molecular weight excluding hydrogens is 342 g/mol. The molecule has 1 aliphatic rings. The molecule has 1 saturated heterocycles. The Kier molecular flexibility index (Phi) is 7.28. The quantitative estimate of drug-likeness (QED) is 0.706. The zero-order valence-electron chi connectivity index (χ0n) is 17.1. The van der Waals surface area contributed by atoms with Crippen molar-refractivity contribution in [2.24, 2.45) is 5.41 Å². The Morgan fingerprint density at radius 2 is 1.81 bits per heavy atom. The number of benzene rings is 1. The lowest BCUT2D eigenvalue weighted by molar-refractivity contribution is -0.156. The van der Waals surface area contributed by atoms with E-state index in [1.54, 1.807) is 4.90 Å². The number of esters is 1. The van der Waals surface area contributed by atoms with Crippen molar-refractivity contribution >= 4 is 12.1 Å². The molecule has 27 heavy (non-hydrogen) atoms. The number of likely N-dealkylation sites (tertiary alicyclic amines) is 1. The molecule has 0 aliphatic carbocycles. The van der Waals surface area contributed by atoms with Gasteiger partial charge in [-0.15, -0.1) is 0 Å². The van der Waals surface area contributed by atoms with Gasteiger partial charge in [0, 0.05) is 13.1 Å². The average molecular weight is 376 g/mol. The van der Waals surface area contributed by atoms with Gasteiger partial charge in [-0.2, -0.15) is 0 Å². The second-order valence-corrected chi connectivity index (χ2v) is 8.31. The van der Waals surface area contributed by atoms with Gasteiger partial charge in [0.15, 0.2) is 0 Å². The molecule has 1 atom stereocenters. The zero-order chi connectivity index (χ0) is 19.9. The minimum Gasteiger partial charge on any atom is -0.466 e. The number of ether oxygens (including phenoxy) is 2. The predicted octanol–water partition coefficient (Wildman–Crippen LogP) is 4.59. The zero-order valence-corrected chi connectivity index (χ0v) is 17.1. The van der Waals surface area contributed by atoms with Gasteiger partial charge in [0.25, 0.3) is 0 Å². The van der Waals surface area contributed by atoms with E-state index in [0.717, 1.165) is 25.7 Å². The predicted molar refractivity (Wildman–Crippen MR) is 105 cm³/mol. The SMILES string of the molecule is CCOC(=O)C1(CCc2ccccc2)CCCN(C(=O)OC(C)(C)C)CC1. The molecule has 1 aliphatic heterocycles. The first-order valence-electron chi connectivity index (χ1n) is 9.95. The third kappa shape index (κ3) is 6.26. The number of carbonyl (C=O) groups is 2. The number of amides is 1. The van der Waals surface area contributed by atoms with Gasteiger partial charge in [-0.1, -0.05) is 30.3 Å². The lowest BCUT2D eigenvalue weighted by Crippen LogP contribution is -2.39. The lowest BCUT2D eigenvalue weighted by Gasteiger charge is -2.31. The highest BCUT2D eigenvalue weighted by atomic mass is 16.6. The Bertz CT molecular complexity index is 623. The van der Waals surface area contributed by atoms with Gasteiger partial charge in [-0.3, -0.25) is 4.79 Å². The van der Waals surface area contributed by atoms with E-state index in [-0.39, 0.29) is 12.1 Å². The number of rotatable bonds is 5. The molecule has 0 saturated carbocycles. The molecule has 150 valence electrons. The molecule has 0 radical (unpaired) electrons. The summed E-state index contributed by atoms with van der Waals surface area (Å²) in [5.41, 5.74) is 0.159. The summed E-state index contributed by atoms with van der Waals surface area (Å²) in [6.07, 6.45) is 3.37. The number of carbonyl (C=O) groups excluding carboxylic acids is 2. The Labute approximate surface area is 163 Å². The normalized spacial score (nSPS) is 20.7. The van der Waals surface area contributed by atoms with Crippen LogP contribution in [0.25, 0.3) is 0 Å². The molecule has 1 unspecified atom stereocenters. The van der Waals surface area contributed by atoms with E-state index in [9.17, 15) is 9.59 Å². The summed E-state index contributed by atoms with van der Waals surface area (Å²) in [7, 11) is 0. The topological polar surface area (TPSA) is 55.8 Å². The molecule has 1 fully saturated rings. The van der Waals surface area contributed by atoms with Crippen molar-refractivity contribution in [3.05, 3.63) is 35.9 Å². The maximum Gasteiger partial charge on any atom is 0.410 e. The van der Waals surface area contributed by atoms with E-state index >= 15 is 0 Å². The maximum atomic E-state index is 12.8. The third-order valence-corrected chi connectivity index (χ3v) is 5.04. The first kappa shape index (κ1) is 21.3. The van der Waals surface area contributed by atoms with Crippen LogP contribution in [0.2, 0.25) is 0 Å². The van der Waals surface area contributed by atoms with Gasteiger partial charge in [0.2, 0.25) is 0 Å². The van der Waals surface area contributed by atoms with Crippen LogP contribution in [0.5, 0.6) is 0 Å². The van der Waals surface area contributed by atoms with E-state index in [0.29, 0.717) is 26.1 Å². The molecule has 0 N–H and O–H groups in total. The summed E-state index contributed by atoms with van der Waals surface area (Å²) >= 11 is 0. The summed E-state index contributed by atoms with van der Waals surface area (Å²) < 4.78 is 10.9. The minimum absolute atomic E-state index is 0.132. The van der Waals surface area contributed by atoms with E-state index in [1.165, 1.54) is 5.56 Å². The van der Waals surface area contributed by atoms with Crippen LogP contribution in [0.15, 0.2) is 30.3 Å². The standard InChI is InChI=1S/C22H33NO4/c1-5-26-19(24)22(14-12-18-10-7-6-8-11-18)13-9-16-23(17-15-22)20(25)27-21(2,3)4/h6-8,10-11H,5,9,12-17H2,1-4H3. The van der Waals surface area contributed by atoms with Crippen LogP contribution in [-0.2, 0) is 20.7 Å². The van der Waals surface area contributed by atoms with Crippen LogP contribution in [0.3, 0.4) is 0 Å². The van der Waals surface area contributed by atoms with Gasteiger partial charge in [0.1, 0.15) is 5.60 Å². The monoisotopic (exact) mass is 375 g/mol. The smallest absolute Gasteiger partial charge is 0.410 e. The third-order valence-electron chi connectivity index (χ3n) is 5.04. The van der Waals surface area contributed by atoms with Crippen LogP contribution < -0.4 is 0 Å².